The first kappa shape index (κ1) is 19.6. The van der Waals surface area contributed by atoms with E-state index in [4.69, 9.17) is 14.2 Å². The van der Waals surface area contributed by atoms with Gasteiger partial charge < -0.3 is 24.4 Å². The second-order valence-corrected chi connectivity index (χ2v) is 6.49. The first-order valence-corrected chi connectivity index (χ1v) is 9.29. The number of hydrogen-bond acceptors (Lipinski definition) is 5. The standard InChI is InChI=1S/C22H26N2O4/c1-26-19-14-16(15-20(27-2)22(19)28-3)10-11-21(25)23-17-8-4-5-9-18(17)24-12-6-7-13-24/h4-5,8-11,14-15H,6-7,12-13H2,1-3H3,(H,23,25)/b11-10+. The summed E-state index contributed by atoms with van der Waals surface area (Å²) in [7, 11) is 4.68. The van der Waals surface area contributed by atoms with Gasteiger partial charge in [-0.1, -0.05) is 12.1 Å². The van der Waals surface area contributed by atoms with Crippen molar-refractivity contribution in [3.05, 3.63) is 48.0 Å². The topological polar surface area (TPSA) is 60.0 Å². The Morgan fingerprint density at radius 1 is 1.00 bits per heavy atom. The second kappa shape index (κ2) is 9.17. The maximum Gasteiger partial charge on any atom is 0.248 e. The minimum absolute atomic E-state index is 0.194. The van der Waals surface area contributed by atoms with Crippen LogP contribution in [-0.2, 0) is 4.79 Å². The van der Waals surface area contributed by atoms with Crippen LogP contribution in [-0.4, -0.2) is 40.3 Å². The lowest BCUT2D eigenvalue weighted by Gasteiger charge is -2.21. The van der Waals surface area contributed by atoms with Gasteiger partial charge in [0.05, 0.1) is 32.7 Å². The SMILES string of the molecule is COc1cc(/C=C/C(=O)Nc2ccccc2N2CCCC2)cc(OC)c1OC. The molecule has 0 radical (unpaired) electrons. The van der Waals surface area contributed by atoms with E-state index < -0.39 is 0 Å². The zero-order valence-electron chi connectivity index (χ0n) is 16.5. The van der Waals surface area contributed by atoms with Crippen LogP contribution in [0.4, 0.5) is 11.4 Å². The molecule has 0 aromatic heterocycles. The predicted octanol–water partition coefficient (Wildman–Crippen LogP) is 3.96. The van der Waals surface area contributed by atoms with E-state index in [0.717, 1.165) is 30.0 Å². The summed E-state index contributed by atoms with van der Waals surface area (Å²) in [6.45, 7) is 2.04. The highest BCUT2D eigenvalue weighted by Crippen LogP contribution is 2.38. The van der Waals surface area contributed by atoms with E-state index in [1.165, 1.54) is 18.9 Å². The van der Waals surface area contributed by atoms with E-state index in [2.05, 4.69) is 10.2 Å². The van der Waals surface area contributed by atoms with Gasteiger partial charge in [-0.05, 0) is 48.7 Å². The molecule has 1 saturated heterocycles. The first-order valence-electron chi connectivity index (χ1n) is 9.29. The van der Waals surface area contributed by atoms with Gasteiger partial charge in [0.2, 0.25) is 11.7 Å². The highest BCUT2D eigenvalue weighted by atomic mass is 16.5. The fourth-order valence-electron chi connectivity index (χ4n) is 3.36. The molecule has 1 aliphatic rings. The van der Waals surface area contributed by atoms with Gasteiger partial charge in [-0.3, -0.25) is 4.79 Å². The van der Waals surface area contributed by atoms with Crippen LogP contribution in [0.5, 0.6) is 17.2 Å². The number of hydrogen-bond donors (Lipinski definition) is 1. The maximum atomic E-state index is 12.5. The highest BCUT2D eigenvalue weighted by Gasteiger charge is 2.16. The molecule has 0 unspecified atom stereocenters. The number of nitrogens with one attached hydrogen (secondary N) is 1. The van der Waals surface area contributed by atoms with Gasteiger partial charge in [-0.25, -0.2) is 0 Å². The van der Waals surface area contributed by atoms with Crippen LogP contribution < -0.4 is 24.4 Å². The van der Waals surface area contributed by atoms with Crippen molar-refractivity contribution < 1.29 is 19.0 Å². The van der Waals surface area contributed by atoms with E-state index >= 15 is 0 Å². The Morgan fingerprint density at radius 2 is 1.64 bits per heavy atom. The quantitative estimate of drug-likeness (QED) is 0.735. The van der Waals surface area contributed by atoms with Gasteiger partial charge in [0.1, 0.15) is 0 Å². The number of amides is 1. The minimum atomic E-state index is -0.194. The van der Waals surface area contributed by atoms with Gasteiger partial charge in [-0.2, -0.15) is 0 Å². The molecule has 1 heterocycles. The van der Waals surface area contributed by atoms with Crippen LogP contribution in [0.1, 0.15) is 18.4 Å². The molecule has 6 heteroatoms. The number of carbonyl (C=O) groups is 1. The Balaban J connectivity index is 1.76. The molecule has 2 aromatic rings. The lowest BCUT2D eigenvalue weighted by molar-refractivity contribution is -0.111. The molecule has 1 fully saturated rings. The molecule has 28 heavy (non-hydrogen) atoms. The largest absolute Gasteiger partial charge is 0.493 e. The third-order valence-corrected chi connectivity index (χ3v) is 4.72. The molecule has 1 amide bonds. The molecular weight excluding hydrogens is 356 g/mol. The summed E-state index contributed by atoms with van der Waals surface area (Å²) in [4.78, 5) is 14.8. The lowest BCUT2D eigenvalue weighted by Crippen LogP contribution is -2.20. The summed E-state index contributed by atoms with van der Waals surface area (Å²) in [5.74, 6) is 1.41. The third kappa shape index (κ3) is 4.39. The summed E-state index contributed by atoms with van der Waals surface area (Å²) >= 11 is 0. The van der Waals surface area contributed by atoms with E-state index in [9.17, 15) is 4.79 Å². The zero-order chi connectivity index (χ0) is 19.9. The summed E-state index contributed by atoms with van der Waals surface area (Å²) in [5, 5.41) is 2.98. The normalized spacial score (nSPS) is 13.6. The number of anilines is 2. The van der Waals surface area contributed by atoms with Crippen molar-refractivity contribution in [2.24, 2.45) is 0 Å². The number of nitrogens with zero attached hydrogens (tertiary/aromatic N) is 1. The Kier molecular flexibility index (Phi) is 6.42. The van der Waals surface area contributed by atoms with Crippen molar-refractivity contribution >= 4 is 23.4 Å². The van der Waals surface area contributed by atoms with Crippen molar-refractivity contribution in [3.63, 3.8) is 0 Å². The van der Waals surface area contributed by atoms with Crippen molar-refractivity contribution in [3.8, 4) is 17.2 Å². The average Bonchev–Trinajstić information content (AvgIpc) is 3.26. The molecule has 148 valence electrons. The average molecular weight is 382 g/mol. The number of carbonyl (C=O) groups excluding carboxylic acids is 1. The smallest absolute Gasteiger partial charge is 0.248 e. The molecule has 0 saturated carbocycles. The predicted molar refractivity (Wildman–Crippen MR) is 112 cm³/mol. The van der Waals surface area contributed by atoms with Gasteiger partial charge in [-0.15, -0.1) is 0 Å². The molecule has 0 aliphatic carbocycles. The Labute approximate surface area is 165 Å². The summed E-state index contributed by atoms with van der Waals surface area (Å²) in [5.41, 5.74) is 2.66. The Morgan fingerprint density at radius 3 is 2.25 bits per heavy atom. The molecule has 0 spiro atoms. The number of para-hydroxylation sites is 2. The van der Waals surface area contributed by atoms with Gasteiger partial charge in [0.15, 0.2) is 11.5 Å². The van der Waals surface area contributed by atoms with E-state index in [0.29, 0.717) is 17.2 Å². The zero-order valence-corrected chi connectivity index (χ0v) is 16.5. The fraction of sp³-hybridized carbons (Fsp3) is 0.318. The van der Waals surface area contributed by atoms with Gasteiger partial charge >= 0.3 is 0 Å². The highest BCUT2D eigenvalue weighted by molar-refractivity contribution is 6.03. The van der Waals surface area contributed by atoms with E-state index in [1.54, 1.807) is 39.5 Å². The van der Waals surface area contributed by atoms with E-state index in [1.807, 2.05) is 24.3 Å². The fourth-order valence-corrected chi connectivity index (χ4v) is 3.36. The van der Waals surface area contributed by atoms with Crippen LogP contribution in [0.3, 0.4) is 0 Å². The number of methoxy groups -OCH3 is 3. The van der Waals surface area contributed by atoms with Crippen LogP contribution in [0.2, 0.25) is 0 Å². The molecular formula is C22H26N2O4. The molecule has 2 aromatic carbocycles. The third-order valence-electron chi connectivity index (χ3n) is 4.72. The van der Waals surface area contributed by atoms with Crippen LogP contribution in [0.25, 0.3) is 6.08 Å². The van der Waals surface area contributed by atoms with Gasteiger partial charge in [0.25, 0.3) is 0 Å². The number of ether oxygens (including phenoxy) is 3. The van der Waals surface area contributed by atoms with Crippen molar-refractivity contribution in [2.75, 3.05) is 44.6 Å². The van der Waals surface area contributed by atoms with E-state index in [-0.39, 0.29) is 5.91 Å². The summed E-state index contributed by atoms with van der Waals surface area (Å²) in [6.07, 6.45) is 5.59. The second-order valence-electron chi connectivity index (χ2n) is 6.49. The first-order chi connectivity index (χ1) is 13.7. The van der Waals surface area contributed by atoms with Crippen LogP contribution in [0, 0.1) is 0 Å². The Hall–Kier alpha value is -3.15. The van der Waals surface area contributed by atoms with Crippen LogP contribution >= 0.6 is 0 Å². The molecule has 1 aliphatic heterocycles. The monoisotopic (exact) mass is 382 g/mol. The summed E-state index contributed by atoms with van der Waals surface area (Å²) < 4.78 is 16.0. The number of benzene rings is 2. The van der Waals surface area contributed by atoms with Crippen molar-refractivity contribution in [1.29, 1.82) is 0 Å². The Bertz CT molecular complexity index is 832. The molecule has 1 N–H and O–H groups in total. The maximum absolute atomic E-state index is 12.5. The van der Waals surface area contributed by atoms with Gasteiger partial charge in [0, 0.05) is 19.2 Å². The summed E-state index contributed by atoms with van der Waals surface area (Å²) in [6, 6.07) is 11.5. The van der Waals surface area contributed by atoms with Crippen molar-refractivity contribution in [2.45, 2.75) is 12.8 Å². The molecule has 0 atom stereocenters. The van der Waals surface area contributed by atoms with Crippen molar-refractivity contribution in [1.82, 2.24) is 0 Å². The minimum Gasteiger partial charge on any atom is -0.493 e. The van der Waals surface area contributed by atoms with Crippen LogP contribution in [0.15, 0.2) is 42.5 Å². The molecule has 3 rings (SSSR count). The molecule has 6 nitrogen and oxygen atoms in total. The number of rotatable bonds is 7. The molecule has 0 bridgehead atoms. The lowest BCUT2D eigenvalue weighted by atomic mass is 10.1.